The number of hydrogen-bond donors (Lipinski definition) is 1. The van der Waals surface area contributed by atoms with Crippen molar-refractivity contribution in [3.05, 3.63) is 70.7 Å². The van der Waals surface area contributed by atoms with Gasteiger partial charge in [0.05, 0.1) is 28.6 Å². The molecule has 2 atom stereocenters. The van der Waals surface area contributed by atoms with Crippen LogP contribution in [-0.2, 0) is 11.3 Å². The van der Waals surface area contributed by atoms with E-state index in [1.54, 1.807) is 12.1 Å². The Morgan fingerprint density at radius 1 is 1.00 bits per heavy atom. The van der Waals surface area contributed by atoms with E-state index < -0.39 is 34.7 Å². The third kappa shape index (κ3) is 4.85. The molecule has 6 bridgehead atoms. The van der Waals surface area contributed by atoms with E-state index in [0.29, 0.717) is 25.9 Å². The van der Waals surface area contributed by atoms with Crippen molar-refractivity contribution < 1.29 is 13.2 Å². The van der Waals surface area contributed by atoms with Crippen LogP contribution in [0, 0.1) is 23.1 Å². The number of hydrogen-bond acceptors (Lipinski definition) is 4. The maximum Gasteiger partial charge on any atom is 0.278 e. The summed E-state index contributed by atoms with van der Waals surface area (Å²) in [6, 6.07) is 14.3. The van der Waals surface area contributed by atoms with Gasteiger partial charge >= 0.3 is 0 Å². The lowest BCUT2D eigenvalue weighted by atomic mass is 9.85. The number of rotatable bonds is 1. The number of aromatic nitrogens is 1. The van der Waals surface area contributed by atoms with Crippen molar-refractivity contribution in [1.29, 1.82) is 5.26 Å². The van der Waals surface area contributed by atoms with Crippen molar-refractivity contribution in [3.8, 4) is 6.07 Å². The molecule has 1 aromatic heterocycles. The first kappa shape index (κ1) is 27.1. The van der Waals surface area contributed by atoms with Crippen molar-refractivity contribution in [2.24, 2.45) is 5.92 Å². The number of nitrogens with one attached hydrogen (secondary N) is 1. The lowest BCUT2D eigenvalue weighted by molar-refractivity contribution is -0.0880. The van der Waals surface area contributed by atoms with Crippen LogP contribution in [0.25, 0.3) is 10.9 Å². The third-order valence-electron chi connectivity index (χ3n) is 9.54. The van der Waals surface area contributed by atoms with Gasteiger partial charge in [-0.3, -0.25) is 4.98 Å². The number of pyridine rings is 1. The van der Waals surface area contributed by atoms with Crippen LogP contribution in [0.4, 0.5) is 18.9 Å². The van der Waals surface area contributed by atoms with Gasteiger partial charge in [0.1, 0.15) is 5.82 Å². The zero-order valence-corrected chi connectivity index (χ0v) is 23.3. The summed E-state index contributed by atoms with van der Waals surface area (Å²) in [5.74, 6) is -4.69. The molecule has 4 nitrogen and oxygen atoms in total. The lowest BCUT2D eigenvalue weighted by Gasteiger charge is -2.36. The predicted molar refractivity (Wildman–Crippen MR) is 152 cm³/mol. The first-order valence-electron chi connectivity index (χ1n) is 14.7. The number of alkyl halides is 2. The highest BCUT2D eigenvalue weighted by Crippen LogP contribution is 2.49. The van der Waals surface area contributed by atoms with Crippen molar-refractivity contribution >= 4 is 16.6 Å². The number of fused-ring (bicyclic) bond motifs is 8. The van der Waals surface area contributed by atoms with Gasteiger partial charge in [-0.25, -0.2) is 13.2 Å². The zero-order chi connectivity index (χ0) is 28.1. The molecule has 4 heterocycles. The minimum absolute atomic E-state index is 0.224. The molecule has 2 aromatic carbocycles. The van der Waals surface area contributed by atoms with Crippen molar-refractivity contribution in [2.75, 3.05) is 25.0 Å². The Kier molecular flexibility index (Phi) is 7.02. The van der Waals surface area contributed by atoms with Gasteiger partial charge in [-0.15, -0.1) is 0 Å². The van der Waals surface area contributed by atoms with Crippen LogP contribution < -0.4 is 5.32 Å². The molecule has 1 N–H and O–H groups in total. The molecule has 7 rings (SSSR count). The Bertz CT molecular complexity index is 1450. The molecule has 1 unspecified atom stereocenters. The standard InChI is InChI=1S/C33H37F3N4/c1-21-6-3-4-15-40-16-11-23(12-17-40)33(35,36)27-8-5-7-25(31(27)34)22(2)38-30-19-29(21)39-28-10-9-24(18-26(28)30)32(20-37)13-14-32/h5,7-10,18-19,21-23,38H,3-4,6,11-17H2,1-2H3/t21?,22-/m1/s1. The van der Waals surface area contributed by atoms with E-state index in [1.807, 2.05) is 31.2 Å². The van der Waals surface area contributed by atoms with Crippen molar-refractivity contribution in [1.82, 2.24) is 9.88 Å². The highest BCUT2D eigenvalue weighted by Gasteiger charge is 2.46. The van der Waals surface area contributed by atoms with Crippen LogP contribution in [0.1, 0.15) is 93.1 Å². The molecule has 1 saturated heterocycles. The van der Waals surface area contributed by atoms with Crippen LogP contribution in [0.3, 0.4) is 0 Å². The van der Waals surface area contributed by atoms with E-state index in [-0.39, 0.29) is 11.5 Å². The maximum absolute atomic E-state index is 15.9. The number of halogens is 3. The second-order valence-electron chi connectivity index (χ2n) is 12.2. The van der Waals surface area contributed by atoms with Gasteiger partial charge in [0.25, 0.3) is 5.92 Å². The monoisotopic (exact) mass is 546 g/mol. The van der Waals surface area contributed by atoms with E-state index in [0.717, 1.165) is 66.5 Å². The Labute approximate surface area is 234 Å². The molecular formula is C33H37F3N4. The second kappa shape index (κ2) is 10.4. The second-order valence-corrected chi connectivity index (χ2v) is 12.2. The molecule has 2 fully saturated rings. The topological polar surface area (TPSA) is 52.0 Å². The maximum atomic E-state index is 15.9. The van der Waals surface area contributed by atoms with E-state index >= 15 is 13.2 Å². The number of nitriles is 1. The van der Waals surface area contributed by atoms with Gasteiger partial charge in [0.2, 0.25) is 0 Å². The highest BCUT2D eigenvalue weighted by atomic mass is 19.3. The largest absolute Gasteiger partial charge is 0.378 e. The van der Waals surface area contributed by atoms with Crippen molar-refractivity contribution in [2.45, 2.75) is 82.1 Å². The first-order valence-corrected chi connectivity index (χ1v) is 14.7. The molecule has 0 amide bonds. The van der Waals surface area contributed by atoms with Crippen LogP contribution in [0.15, 0.2) is 42.5 Å². The molecule has 0 spiro atoms. The number of nitrogens with zero attached hydrogens (tertiary/aromatic N) is 3. The fraction of sp³-hybridized carbons (Fsp3) is 0.515. The smallest absolute Gasteiger partial charge is 0.278 e. The van der Waals surface area contributed by atoms with Crippen LogP contribution >= 0.6 is 0 Å². The van der Waals surface area contributed by atoms with Crippen LogP contribution in [0.5, 0.6) is 0 Å². The summed E-state index contributed by atoms with van der Waals surface area (Å²) in [6.07, 6.45) is 5.44. The summed E-state index contributed by atoms with van der Waals surface area (Å²) in [5.41, 5.74) is 2.80. The molecule has 3 aliphatic heterocycles. The Balaban J connectivity index is 1.44. The number of anilines is 1. The Hall–Kier alpha value is -3.11. The average Bonchev–Trinajstić information content (AvgIpc) is 3.76. The number of benzene rings is 2. The first-order chi connectivity index (χ1) is 19.2. The van der Waals surface area contributed by atoms with Gasteiger partial charge in [-0.2, -0.15) is 5.26 Å². The third-order valence-corrected chi connectivity index (χ3v) is 9.54. The molecule has 210 valence electrons. The molecule has 7 heteroatoms. The fourth-order valence-electron chi connectivity index (χ4n) is 6.63. The van der Waals surface area contributed by atoms with E-state index in [2.05, 4.69) is 23.2 Å². The molecular weight excluding hydrogens is 509 g/mol. The molecule has 40 heavy (non-hydrogen) atoms. The molecule has 0 radical (unpaired) electrons. The van der Waals surface area contributed by atoms with Gasteiger partial charge < -0.3 is 10.2 Å². The van der Waals surface area contributed by atoms with Gasteiger partial charge in [-0.1, -0.05) is 37.6 Å². The minimum atomic E-state index is -3.23. The summed E-state index contributed by atoms with van der Waals surface area (Å²) in [4.78, 5) is 7.28. The summed E-state index contributed by atoms with van der Waals surface area (Å²) in [6.45, 7) is 6.15. The SMILES string of the molecule is CC1CCCCN2CCC(CC2)C(F)(F)c2cccc(c2F)[C@@H](C)Nc2cc1nc1ccc(C3(C#N)CC3)cc21. The number of piperidine rings is 1. The summed E-state index contributed by atoms with van der Waals surface area (Å²) >= 11 is 0. The van der Waals surface area contributed by atoms with E-state index in [4.69, 9.17) is 4.98 Å². The molecule has 1 saturated carbocycles. The molecule has 3 aromatic rings. The lowest BCUT2D eigenvalue weighted by Crippen LogP contribution is -2.40. The van der Waals surface area contributed by atoms with Gasteiger partial charge in [0, 0.05) is 28.2 Å². The van der Waals surface area contributed by atoms with E-state index in [9.17, 15) is 5.26 Å². The van der Waals surface area contributed by atoms with Gasteiger partial charge in [0.15, 0.2) is 0 Å². The van der Waals surface area contributed by atoms with Gasteiger partial charge in [-0.05, 0) is 94.8 Å². The fourth-order valence-corrected chi connectivity index (χ4v) is 6.63. The van der Waals surface area contributed by atoms with E-state index in [1.165, 1.54) is 6.07 Å². The minimum Gasteiger partial charge on any atom is -0.378 e. The highest BCUT2D eigenvalue weighted by molar-refractivity contribution is 5.92. The predicted octanol–water partition coefficient (Wildman–Crippen LogP) is 8.19. The Morgan fingerprint density at radius 3 is 2.50 bits per heavy atom. The Morgan fingerprint density at radius 2 is 1.77 bits per heavy atom. The molecule has 1 aliphatic carbocycles. The van der Waals surface area contributed by atoms with Crippen LogP contribution in [-0.4, -0.2) is 29.5 Å². The molecule has 4 aliphatic rings. The average molecular weight is 547 g/mol. The normalized spacial score (nSPS) is 27.7. The summed E-state index contributed by atoms with van der Waals surface area (Å²) in [7, 11) is 0. The van der Waals surface area contributed by atoms with Crippen molar-refractivity contribution in [3.63, 3.8) is 0 Å². The summed E-state index contributed by atoms with van der Waals surface area (Å²) < 4.78 is 47.4. The summed E-state index contributed by atoms with van der Waals surface area (Å²) in [5, 5.41) is 14.1. The zero-order valence-electron chi connectivity index (χ0n) is 23.3. The quantitative estimate of drug-likeness (QED) is 0.334. The van der Waals surface area contributed by atoms with Crippen LogP contribution in [0.2, 0.25) is 0 Å².